The Morgan fingerprint density at radius 3 is 2.82 bits per heavy atom. The molecule has 0 heterocycles. The van der Waals surface area contributed by atoms with Crippen LogP contribution in [0.25, 0.3) is 0 Å². The van der Waals surface area contributed by atoms with Gasteiger partial charge in [-0.25, -0.2) is 4.39 Å². The van der Waals surface area contributed by atoms with Gasteiger partial charge in [-0.3, -0.25) is 0 Å². The number of ether oxygens (including phenoxy) is 1. The van der Waals surface area contributed by atoms with Crippen molar-refractivity contribution in [3.05, 3.63) is 29.6 Å². The smallest absolute Gasteiger partial charge is 0.165 e. The number of hydrogen-bond donors (Lipinski definition) is 3. The number of nitrogens with one attached hydrogen (secondary N) is 1. The Hall–Kier alpha value is -1.17. The molecule has 1 aromatic carbocycles. The molecule has 0 aliphatic heterocycles. The van der Waals surface area contributed by atoms with E-state index < -0.39 is 6.10 Å². The fraction of sp³-hybridized carbons (Fsp3) is 0.500. The zero-order valence-electron chi connectivity index (χ0n) is 9.82. The first kappa shape index (κ1) is 13.9. The Labute approximate surface area is 100 Å². The van der Waals surface area contributed by atoms with E-state index in [9.17, 15) is 4.39 Å². The number of hydrogen-bond acceptors (Lipinski definition) is 4. The van der Waals surface area contributed by atoms with Gasteiger partial charge in [-0.1, -0.05) is 6.07 Å². The lowest BCUT2D eigenvalue weighted by Gasteiger charge is -2.09. The fourth-order valence-corrected chi connectivity index (χ4v) is 1.43. The third kappa shape index (κ3) is 4.68. The van der Waals surface area contributed by atoms with Gasteiger partial charge in [0.2, 0.25) is 0 Å². The Morgan fingerprint density at radius 1 is 1.47 bits per heavy atom. The number of aliphatic hydroxyl groups is 2. The molecular formula is C12H18FNO3. The lowest BCUT2D eigenvalue weighted by atomic mass is 10.1. The van der Waals surface area contributed by atoms with Crippen LogP contribution in [0, 0.1) is 5.82 Å². The largest absolute Gasteiger partial charge is 0.494 e. The molecule has 96 valence electrons. The van der Waals surface area contributed by atoms with Crippen molar-refractivity contribution in [2.45, 2.75) is 12.5 Å². The number of rotatable bonds is 7. The van der Waals surface area contributed by atoms with Gasteiger partial charge in [0.05, 0.1) is 19.8 Å². The molecule has 0 aliphatic carbocycles. The van der Waals surface area contributed by atoms with Crippen LogP contribution >= 0.6 is 0 Å². The van der Waals surface area contributed by atoms with E-state index in [1.54, 1.807) is 12.1 Å². The molecular weight excluding hydrogens is 225 g/mol. The first-order chi connectivity index (χ1) is 8.17. The maximum Gasteiger partial charge on any atom is 0.165 e. The molecule has 0 radical (unpaired) electrons. The third-order valence-corrected chi connectivity index (χ3v) is 2.40. The number of benzene rings is 1. The fourth-order valence-electron chi connectivity index (χ4n) is 1.43. The maximum absolute atomic E-state index is 13.3. The summed E-state index contributed by atoms with van der Waals surface area (Å²) in [6.07, 6.45) is -0.0957. The minimum Gasteiger partial charge on any atom is -0.494 e. The summed E-state index contributed by atoms with van der Waals surface area (Å²) in [5.74, 6) is -0.141. The second-order valence-corrected chi connectivity index (χ2v) is 3.76. The molecule has 1 unspecified atom stereocenters. The molecule has 0 aliphatic rings. The standard InChI is InChI=1S/C12H18FNO3/c1-17-12-3-2-9(6-11(12)13)4-5-14-7-10(16)8-15/h2-3,6,10,14-16H,4-5,7-8H2,1H3. The SMILES string of the molecule is COc1ccc(CCNCC(O)CO)cc1F. The van der Waals surface area contributed by atoms with E-state index in [-0.39, 0.29) is 18.2 Å². The van der Waals surface area contributed by atoms with Crippen molar-refractivity contribution in [1.82, 2.24) is 5.32 Å². The van der Waals surface area contributed by atoms with Crippen molar-refractivity contribution in [2.24, 2.45) is 0 Å². The van der Waals surface area contributed by atoms with Crippen molar-refractivity contribution in [2.75, 3.05) is 26.8 Å². The highest BCUT2D eigenvalue weighted by atomic mass is 19.1. The summed E-state index contributed by atoms with van der Waals surface area (Å²) in [6, 6.07) is 4.82. The predicted octanol–water partition coefficient (Wildman–Crippen LogP) is 0.320. The summed E-state index contributed by atoms with van der Waals surface area (Å²) in [6.45, 7) is 0.683. The molecule has 0 fully saturated rings. The quantitative estimate of drug-likeness (QED) is 0.604. The molecule has 5 heteroatoms. The van der Waals surface area contributed by atoms with Crippen LogP contribution in [-0.2, 0) is 6.42 Å². The molecule has 0 aromatic heterocycles. The van der Waals surface area contributed by atoms with E-state index in [4.69, 9.17) is 14.9 Å². The highest BCUT2D eigenvalue weighted by Crippen LogP contribution is 2.17. The van der Waals surface area contributed by atoms with E-state index in [0.29, 0.717) is 19.5 Å². The minimum absolute atomic E-state index is 0.234. The summed E-state index contributed by atoms with van der Waals surface area (Å²) in [5, 5.41) is 20.6. The normalized spacial score (nSPS) is 12.5. The lowest BCUT2D eigenvalue weighted by Crippen LogP contribution is -2.30. The number of methoxy groups -OCH3 is 1. The van der Waals surface area contributed by atoms with Gasteiger partial charge in [-0.05, 0) is 30.7 Å². The van der Waals surface area contributed by atoms with Crippen molar-refractivity contribution in [3.63, 3.8) is 0 Å². The molecule has 4 nitrogen and oxygen atoms in total. The van der Waals surface area contributed by atoms with Gasteiger partial charge in [0, 0.05) is 6.54 Å². The van der Waals surface area contributed by atoms with Crippen LogP contribution in [0.15, 0.2) is 18.2 Å². The van der Waals surface area contributed by atoms with Gasteiger partial charge in [0.15, 0.2) is 11.6 Å². The van der Waals surface area contributed by atoms with E-state index in [0.717, 1.165) is 5.56 Å². The van der Waals surface area contributed by atoms with Gasteiger partial charge in [-0.15, -0.1) is 0 Å². The van der Waals surface area contributed by atoms with Crippen molar-refractivity contribution in [1.29, 1.82) is 0 Å². The molecule has 1 atom stereocenters. The van der Waals surface area contributed by atoms with E-state index in [1.807, 2.05) is 0 Å². The molecule has 1 rings (SSSR count). The second kappa shape index (κ2) is 7.21. The first-order valence-electron chi connectivity index (χ1n) is 5.49. The first-order valence-corrected chi connectivity index (χ1v) is 5.49. The van der Waals surface area contributed by atoms with Crippen molar-refractivity contribution in [3.8, 4) is 5.75 Å². The average Bonchev–Trinajstić information content (AvgIpc) is 2.34. The summed E-state index contributed by atoms with van der Waals surface area (Å²) >= 11 is 0. The highest BCUT2D eigenvalue weighted by Gasteiger charge is 2.04. The monoisotopic (exact) mass is 243 g/mol. The van der Waals surface area contributed by atoms with Crippen LogP contribution in [0.2, 0.25) is 0 Å². The summed E-state index contributed by atoms with van der Waals surface area (Å²) in [4.78, 5) is 0. The van der Waals surface area contributed by atoms with Crippen LogP contribution in [0.3, 0.4) is 0 Å². The maximum atomic E-state index is 13.3. The van der Waals surface area contributed by atoms with Gasteiger partial charge in [0.1, 0.15) is 0 Å². The average molecular weight is 243 g/mol. The zero-order chi connectivity index (χ0) is 12.7. The molecule has 0 amide bonds. The summed E-state index contributed by atoms with van der Waals surface area (Å²) < 4.78 is 18.1. The molecule has 17 heavy (non-hydrogen) atoms. The topological polar surface area (TPSA) is 61.7 Å². The minimum atomic E-state index is -0.748. The Bertz CT molecular complexity index is 347. The second-order valence-electron chi connectivity index (χ2n) is 3.76. The lowest BCUT2D eigenvalue weighted by molar-refractivity contribution is 0.0947. The van der Waals surface area contributed by atoms with Gasteiger partial charge < -0.3 is 20.3 Å². The number of halogens is 1. The Morgan fingerprint density at radius 2 is 2.24 bits per heavy atom. The molecule has 3 N–H and O–H groups in total. The third-order valence-electron chi connectivity index (χ3n) is 2.40. The van der Waals surface area contributed by atoms with Gasteiger partial charge >= 0.3 is 0 Å². The summed E-state index contributed by atoms with van der Waals surface area (Å²) in [7, 11) is 1.43. The molecule has 1 aromatic rings. The molecule has 0 spiro atoms. The predicted molar refractivity (Wildman–Crippen MR) is 62.6 cm³/mol. The van der Waals surface area contributed by atoms with E-state index in [1.165, 1.54) is 13.2 Å². The van der Waals surface area contributed by atoms with Crippen LogP contribution in [-0.4, -0.2) is 43.1 Å². The van der Waals surface area contributed by atoms with E-state index >= 15 is 0 Å². The molecule has 0 saturated carbocycles. The van der Waals surface area contributed by atoms with Crippen LogP contribution in [0.4, 0.5) is 4.39 Å². The Kier molecular flexibility index (Phi) is 5.90. The van der Waals surface area contributed by atoms with E-state index in [2.05, 4.69) is 5.32 Å². The van der Waals surface area contributed by atoms with Crippen molar-refractivity contribution < 1.29 is 19.3 Å². The van der Waals surface area contributed by atoms with Gasteiger partial charge in [-0.2, -0.15) is 0 Å². The van der Waals surface area contributed by atoms with Gasteiger partial charge in [0.25, 0.3) is 0 Å². The van der Waals surface area contributed by atoms with Crippen molar-refractivity contribution >= 4 is 0 Å². The molecule has 0 saturated heterocycles. The van der Waals surface area contributed by atoms with Crippen LogP contribution in [0.1, 0.15) is 5.56 Å². The summed E-state index contributed by atoms with van der Waals surface area (Å²) in [5.41, 5.74) is 0.856. The van der Waals surface area contributed by atoms with Crippen LogP contribution < -0.4 is 10.1 Å². The highest BCUT2D eigenvalue weighted by molar-refractivity contribution is 5.29. The number of aliphatic hydroxyl groups excluding tert-OH is 2. The zero-order valence-corrected chi connectivity index (χ0v) is 9.82. The molecule has 0 bridgehead atoms. The Balaban J connectivity index is 2.34. The van der Waals surface area contributed by atoms with Crippen LogP contribution in [0.5, 0.6) is 5.75 Å².